The lowest BCUT2D eigenvalue weighted by Gasteiger charge is -2.17. The second-order valence-corrected chi connectivity index (χ2v) is 9.55. The minimum absolute atomic E-state index is 0.0470. The number of hydrogen-bond donors (Lipinski definition) is 1. The van der Waals surface area contributed by atoms with E-state index >= 15 is 4.39 Å². The van der Waals surface area contributed by atoms with Crippen molar-refractivity contribution in [3.05, 3.63) is 47.9 Å². The van der Waals surface area contributed by atoms with E-state index in [1.54, 1.807) is 25.1 Å². The molecule has 0 saturated carbocycles. The van der Waals surface area contributed by atoms with Gasteiger partial charge in [0.15, 0.2) is 0 Å². The molecular weight excluding hydrogens is 439 g/mol. The van der Waals surface area contributed by atoms with Crippen LogP contribution in [0.15, 0.2) is 41.4 Å². The minimum atomic E-state index is -3.93. The van der Waals surface area contributed by atoms with Crippen LogP contribution in [0.2, 0.25) is 0 Å². The Morgan fingerprint density at radius 2 is 2.00 bits per heavy atom. The molecule has 0 spiro atoms. The third kappa shape index (κ3) is 4.05. The SMILES string of the molecule is CCOc1ccc(S(=O)(=O)N2C[C@H](F)[C@@H](n3nc(CC(=O)O)c4cnc(C)cc43)C2)cc1. The topological polar surface area (TPSA) is 115 Å². The van der Waals surface area contributed by atoms with E-state index in [9.17, 15) is 18.3 Å². The third-order valence-corrected chi connectivity index (χ3v) is 7.24. The number of rotatable bonds is 7. The zero-order valence-electron chi connectivity index (χ0n) is 17.6. The number of halogens is 1. The summed E-state index contributed by atoms with van der Waals surface area (Å²) >= 11 is 0. The number of hydrogen-bond acceptors (Lipinski definition) is 6. The van der Waals surface area contributed by atoms with Crippen molar-refractivity contribution in [2.75, 3.05) is 19.7 Å². The number of carboxylic acids is 1. The lowest BCUT2D eigenvalue weighted by Crippen LogP contribution is -2.29. The molecule has 2 atom stereocenters. The zero-order valence-corrected chi connectivity index (χ0v) is 18.4. The van der Waals surface area contributed by atoms with Crippen LogP contribution in [0, 0.1) is 6.92 Å². The average molecular weight is 463 g/mol. The van der Waals surface area contributed by atoms with Gasteiger partial charge < -0.3 is 9.84 Å². The number of nitrogens with zero attached hydrogens (tertiary/aromatic N) is 4. The molecule has 32 heavy (non-hydrogen) atoms. The van der Waals surface area contributed by atoms with Crippen LogP contribution < -0.4 is 4.74 Å². The van der Waals surface area contributed by atoms with Gasteiger partial charge in [-0.2, -0.15) is 9.40 Å². The van der Waals surface area contributed by atoms with Gasteiger partial charge >= 0.3 is 5.97 Å². The molecule has 170 valence electrons. The summed E-state index contributed by atoms with van der Waals surface area (Å²) in [4.78, 5) is 15.5. The number of pyridine rings is 1. The van der Waals surface area contributed by atoms with Crippen molar-refractivity contribution in [2.45, 2.75) is 37.4 Å². The van der Waals surface area contributed by atoms with Gasteiger partial charge in [0.2, 0.25) is 10.0 Å². The standard InChI is InChI=1S/C21H23FN4O5S/c1-3-31-14-4-6-15(7-5-14)32(29,30)25-11-17(22)20(12-25)26-19-8-13(2)23-10-16(19)18(24-26)9-21(27)28/h4-8,10,17,20H,3,9,11-12H2,1-2H3,(H,27,28)/t17-,20-/m0/s1. The van der Waals surface area contributed by atoms with E-state index in [2.05, 4.69) is 10.1 Å². The molecule has 1 saturated heterocycles. The van der Waals surface area contributed by atoms with Gasteiger partial charge in [0.05, 0.1) is 35.2 Å². The maximum Gasteiger partial charge on any atom is 0.309 e. The zero-order chi connectivity index (χ0) is 23.0. The maximum atomic E-state index is 15.1. The molecule has 0 bridgehead atoms. The summed E-state index contributed by atoms with van der Waals surface area (Å²) < 4.78 is 49.1. The molecule has 4 rings (SSSR count). The Labute approximate surface area is 184 Å². The maximum absolute atomic E-state index is 15.1. The van der Waals surface area contributed by atoms with E-state index in [0.717, 1.165) is 4.31 Å². The fourth-order valence-corrected chi connectivity index (χ4v) is 5.35. The van der Waals surface area contributed by atoms with Crippen molar-refractivity contribution in [3.8, 4) is 5.75 Å². The van der Waals surface area contributed by atoms with Gasteiger partial charge in [-0.25, -0.2) is 12.8 Å². The Morgan fingerprint density at radius 3 is 2.66 bits per heavy atom. The molecule has 0 aliphatic carbocycles. The Kier molecular flexibility index (Phi) is 5.87. The molecule has 1 aliphatic rings. The smallest absolute Gasteiger partial charge is 0.309 e. The normalized spacial score (nSPS) is 19.5. The first-order valence-electron chi connectivity index (χ1n) is 10.1. The lowest BCUT2D eigenvalue weighted by atomic mass is 10.2. The van der Waals surface area contributed by atoms with Crippen LogP contribution in [0.5, 0.6) is 5.75 Å². The van der Waals surface area contributed by atoms with E-state index in [1.807, 2.05) is 6.92 Å². The van der Waals surface area contributed by atoms with Crippen molar-refractivity contribution in [2.24, 2.45) is 0 Å². The second-order valence-electron chi connectivity index (χ2n) is 7.61. The quantitative estimate of drug-likeness (QED) is 0.573. The van der Waals surface area contributed by atoms with Gasteiger partial charge in [0.25, 0.3) is 0 Å². The molecule has 1 fully saturated rings. The highest BCUT2D eigenvalue weighted by atomic mass is 32.2. The monoisotopic (exact) mass is 462 g/mol. The molecule has 11 heteroatoms. The van der Waals surface area contributed by atoms with Crippen LogP contribution in [0.25, 0.3) is 10.9 Å². The van der Waals surface area contributed by atoms with Crippen LogP contribution in [0.4, 0.5) is 4.39 Å². The number of carbonyl (C=O) groups is 1. The van der Waals surface area contributed by atoms with Crippen molar-refractivity contribution < 1.29 is 27.4 Å². The van der Waals surface area contributed by atoms with Gasteiger partial charge in [0.1, 0.15) is 11.9 Å². The van der Waals surface area contributed by atoms with E-state index in [4.69, 9.17) is 4.74 Å². The first-order valence-corrected chi connectivity index (χ1v) is 11.6. The molecular formula is C21H23FN4O5S. The number of aryl methyl sites for hydroxylation is 1. The number of aromatic nitrogens is 3. The van der Waals surface area contributed by atoms with Gasteiger partial charge in [-0.1, -0.05) is 0 Å². The molecule has 1 N–H and O–H groups in total. The van der Waals surface area contributed by atoms with Crippen molar-refractivity contribution in [1.82, 2.24) is 19.1 Å². The molecule has 2 aromatic heterocycles. The van der Waals surface area contributed by atoms with E-state index < -0.39 is 28.2 Å². The highest BCUT2D eigenvalue weighted by molar-refractivity contribution is 7.89. The summed E-state index contributed by atoms with van der Waals surface area (Å²) in [7, 11) is -3.93. The van der Waals surface area contributed by atoms with Crippen LogP contribution in [0.1, 0.15) is 24.4 Å². The molecule has 1 aliphatic heterocycles. The molecule has 9 nitrogen and oxygen atoms in total. The van der Waals surface area contributed by atoms with Crippen LogP contribution in [-0.2, 0) is 21.2 Å². The van der Waals surface area contributed by atoms with Gasteiger partial charge in [0, 0.05) is 30.4 Å². The summed E-state index contributed by atoms with van der Waals surface area (Å²) in [6.07, 6.45) is -0.337. The fourth-order valence-electron chi connectivity index (χ4n) is 3.89. The van der Waals surface area contributed by atoms with Crippen molar-refractivity contribution >= 4 is 26.9 Å². The number of aliphatic carboxylic acids is 1. The van der Waals surface area contributed by atoms with Gasteiger partial charge in [-0.15, -0.1) is 0 Å². The van der Waals surface area contributed by atoms with E-state index in [0.29, 0.717) is 29.0 Å². The van der Waals surface area contributed by atoms with Crippen molar-refractivity contribution in [1.29, 1.82) is 0 Å². The summed E-state index contributed by atoms with van der Waals surface area (Å²) in [5.74, 6) is -0.521. The molecule has 0 unspecified atom stereocenters. The Hall–Kier alpha value is -3.05. The Morgan fingerprint density at radius 1 is 1.28 bits per heavy atom. The largest absolute Gasteiger partial charge is 0.494 e. The number of ether oxygens (including phenoxy) is 1. The molecule has 1 aromatic carbocycles. The molecule has 3 aromatic rings. The number of sulfonamides is 1. The van der Waals surface area contributed by atoms with E-state index in [-0.39, 0.29) is 30.1 Å². The number of carboxylic acid groups (broad SMARTS) is 1. The summed E-state index contributed by atoms with van der Waals surface area (Å²) in [6, 6.07) is 6.80. The predicted octanol–water partition coefficient (Wildman–Crippen LogP) is 2.35. The fraction of sp³-hybridized carbons (Fsp3) is 0.381. The molecule has 3 heterocycles. The van der Waals surface area contributed by atoms with Gasteiger partial charge in [-0.3, -0.25) is 14.5 Å². The third-order valence-electron chi connectivity index (χ3n) is 5.40. The van der Waals surface area contributed by atoms with Gasteiger partial charge in [-0.05, 0) is 44.2 Å². The predicted molar refractivity (Wildman–Crippen MR) is 114 cm³/mol. The summed E-state index contributed by atoms with van der Waals surface area (Å²) in [6.45, 7) is 3.61. The Bertz CT molecular complexity index is 1260. The van der Waals surface area contributed by atoms with E-state index in [1.165, 1.54) is 23.0 Å². The Balaban J connectivity index is 1.66. The molecule has 0 amide bonds. The van der Waals surface area contributed by atoms with Crippen LogP contribution in [-0.4, -0.2) is 64.4 Å². The molecule has 0 radical (unpaired) electrons. The van der Waals surface area contributed by atoms with Crippen molar-refractivity contribution in [3.63, 3.8) is 0 Å². The summed E-state index contributed by atoms with van der Waals surface area (Å²) in [5, 5.41) is 14.0. The highest BCUT2D eigenvalue weighted by Crippen LogP contribution is 2.33. The van der Waals surface area contributed by atoms with Crippen LogP contribution in [0.3, 0.4) is 0 Å². The highest BCUT2D eigenvalue weighted by Gasteiger charge is 2.42. The second kappa shape index (κ2) is 8.47. The number of fused-ring (bicyclic) bond motifs is 1. The van der Waals surface area contributed by atoms with Crippen LogP contribution >= 0.6 is 0 Å². The lowest BCUT2D eigenvalue weighted by molar-refractivity contribution is -0.136. The average Bonchev–Trinajstić information content (AvgIpc) is 3.29. The summed E-state index contributed by atoms with van der Waals surface area (Å²) in [5.41, 5.74) is 1.45. The minimum Gasteiger partial charge on any atom is -0.494 e. The first kappa shape index (κ1) is 22.2. The number of benzene rings is 1. The first-order chi connectivity index (χ1) is 15.2. The number of alkyl halides is 1.